The fourth-order valence-electron chi connectivity index (χ4n) is 0.421. The van der Waals surface area contributed by atoms with E-state index in [-0.39, 0.29) is 0 Å². The van der Waals surface area contributed by atoms with Gasteiger partial charge in [0.2, 0.25) is 5.88 Å². The third-order valence-electron chi connectivity index (χ3n) is 0.717. The number of hydrogen-bond donors (Lipinski definition) is 1. The maximum absolute atomic E-state index is 4.90. The first-order valence-corrected chi connectivity index (χ1v) is 2.18. The fraction of sp³-hybridized carbons (Fsp3) is 0. The van der Waals surface area contributed by atoms with Crippen molar-refractivity contribution < 1.29 is 4.42 Å². The molecule has 0 aliphatic heterocycles. The van der Waals surface area contributed by atoms with E-state index in [0.717, 1.165) is 0 Å². The van der Waals surface area contributed by atoms with E-state index in [1.54, 1.807) is 18.4 Å². The zero-order chi connectivity index (χ0) is 5.82. The number of rotatable bonds is 1. The molecule has 1 aromatic heterocycles. The first-order valence-electron chi connectivity index (χ1n) is 2.18. The van der Waals surface area contributed by atoms with E-state index in [2.05, 4.69) is 11.4 Å². The first kappa shape index (κ1) is 4.79. The molecule has 0 unspecified atom stereocenters. The molecule has 40 valence electrons. The summed E-state index contributed by atoms with van der Waals surface area (Å²) in [6.45, 7) is 0. The van der Waals surface area contributed by atoms with Crippen LogP contribution in [0.25, 0.3) is 0 Å². The minimum absolute atomic E-state index is 0.604. The zero-order valence-corrected chi connectivity index (χ0v) is 4.22. The number of hydrogen-bond acceptors (Lipinski definition) is 2. The van der Waals surface area contributed by atoms with E-state index >= 15 is 0 Å². The van der Waals surface area contributed by atoms with Crippen molar-refractivity contribution in [2.45, 2.75) is 0 Å². The van der Waals surface area contributed by atoms with Crippen LogP contribution in [-0.4, -0.2) is 0 Å². The van der Waals surface area contributed by atoms with Crippen molar-refractivity contribution in [3.8, 4) is 12.5 Å². The van der Waals surface area contributed by atoms with Gasteiger partial charge < -0.3 is 4.42 Å². The molecular weight excluding hydrogens is 102 g/mol. The molecule has 1 N–H and O–H groups in total. The quantitative estimate of drug-likeness (QED) is 0.432. The normalized spacial score (nSPS) is 7.88. The van der Waals surface area contributed by atoms with Crippen molar-refractivity contribution in [1.29, 1.82) is 0 Å². The maximum Gasteiger partial charge on any atom is 0.204 e. The van der Waals surface area contributed by atoms with Crippen molar-refractivity contribution in [3.63, 3.8) is 0 Å². The summed E-state index contributed by atoms with van der Waals surface area (Å²) in [5.74, 6) is 0.604. The van der Waals surface area contributed by atoms with Crippen LogP contribution in [0.3, 0.4) is 0 Å². The number of anilines is 1. The molecule has 0 bridgehead atoms. The van der Waals surface area contributed by atoms with Crippen LogP contribution in [0, 0.1) is 12.5 Å². The highest BCUT2D eigenvalue weighted by atomic mass is 16.3. The van der Waals surface area contributed by atoms with Gasteiger partial charge >= 0.3 is 0 Å². The van der Waals surface area contributed by atoms with Crippen molar-refractivity contribution in [1.82, 2.24) is 0 Å². The summed E-state index contributed by atoms with van der Waals surface area (Å²) >= 11 is 0. The molecule has 2 heteroatoms. The van der Waals surface area contributed by atoms with Gasteiger partial charge in [-0.05, 0) is 6.07 Å². The average molecular weight is 107 g/mol. The summed E-state index contributed by atoms with van der Waals surface area (Å²) in [7, 11) is 0. The highest BCUT2D eigenvalue weighted by molar-refractivity contribution is 5.35. The third kappa shape index (κ3) is 0.824. The van der Waals surface area contributed by atoms with E-state index in [0.29, 0.717) is 5.88 Å². The van der Waals surface area contributed by atoms with Gasteiger partial charge in [0, 0.05) is 12.1 Å². The van der Waals surface area contributed by atoms with Gasteiger partial charge in [-0.25, -0.2) is 0 Å². The standard InChI is InChI=1S/C6H5NO/c1-2-7-6-4-3-5-8-6/h1,3-5,7H. The van der Waals surface area contributed by atoms with Crippen LogP contribution in [0.15, 0.2) is 22.8 Å². The molecule has 0 aliphatic rings. The molecule has 0 spiro atoms. The van der Waals surface area contributed by atoms with Crippen molar-refractivity contribution >= 4 is 5.88 Å². The lowest BCUT2D eigenvalue weighted by molar-refractivity contribution is 0.586. The lowest BCUT2D eigenvalue weighted by Crippen LogP contribution is -1.80. The van der Waals surface area contributed by atoms with Crippen LogP contribution >= 0.6 is 0 Å². The summed E-state index contributed by atoms with van der Waals surface area (Å²) in [4.78, 5) is 0. The fourth-order valence-corrected chi connectivity index (χ4v) is 0.421. The van der Waals surface area contributed by atoms with Crippen molar-refractivity contribution in [3.05, 3.63) is 18.4 Å². The van der Waals surface area contributed by atoms with Crippen LogP contribution in [0.1, 0.15) is 0 Å². The lowest BCUT2D eigenvalue weighted by atomic mass is 10.6. The molecule has 0 atom stereocenters. The SMILES string of the molecule is C#CNc1ccco1. The Kier molecular flexibility index (Phi) is 1.25. The monoisotopic (exact) mass is 107 g/mol. The van der Waals surface area contributed by atoms with Gasteiger partial charge in [-0.15, -0.1) is 0 Å². The topological polar surface area (TPSA) is 25.2 Å². The molecule has 0 radical (unpaired) electrons. The molecule has 8 heavy (non-hydrogen) atoms. The highest BCUT2D eigenvalue weighted by Gasteiger charge is 1.84. The second kappa shape index (κ2) is 2.08. The lowest BCUT2D eigenvalue weighted by Gasteiger charge is -1.84. The molecule has 1 heterocycles. The van der Waals surface area contributed by atoms with E-state index in [4.69, 9.17) is 10.8 Å². The van der Waals surface area contributed by atoms with Crippen LogP contribution < -0.4 is 5.32 Å². The summed E-state index contributed by atoms with van der Waals surface area (Å²) in [6, 6.07) is 5.74. The molecule has 0 amide bonds. The summed E-state index contributed by atoms with van der Waals surface area (Å²) < 4.78 is 4.82. The first-order chi connectivity index (χ1) is 3.93. The van der Waals surface area contributed by atoms with E-state index in [1.165, 1.54) is 0 Å². The molecule has 0 saturated heterocycles. The molecule has 0 saturated carbocycles. The molecule has 1 rings (SSSR count). The Labute approximate surface area is 47.5 Å². The molecular formula is C6H5NO. The molecule has 0 aromatic carbocycles. The molecule has 2 nitrogen and oxygen atoms in total. The minimum Gasteiger partial charge on any atom is -0.448 e. The Morgan fingerprint density at radius 1 is 1.75 bits per heavy atom. The van der Waals surface area contributed by atoms with E-state index in [1.807, 2.05) is 0 Å². The smallest absolute Gasteiger partial charge is 0.204 e. The zero-order valence-electron chi connectivity index (χ0n) is 4.22. The Morgan fingerprint density at radius 3 is 3.12 bits per heavy atom. The van der Waals surface area contributed by atoms with Crippen LogP contribution in [0.4, 0.5) is 5.88 Å². The molecule has 0 fully saturated rings. The summed E-state index contributed by atoms with van der Waals surface area (Å²) in [5.41, 5.74) is 0. The van der Waals surface area contributed by atoms with Gasteiger partial charge in [-0.1, -0.05) is 6.42 Å². The largest absolute Gasteiger partial charge is 0.448 e. The average Bonchev–Trinajstić information content (AvgIpc) is 2.19. The van der Waals surface area contributed by atoms with Gasteiger partial charge in [-0.2, -0.15) is 0 Å². The van der Waals surface area contributed by atoms with Crippen LogP contribution in [-0.2, 0) is 0 Å². The van der Waals surface area contributed by atoms with Crippen molar-refractivity contribution in [2.75, 3.05) is 5.32 Å². The van der Waals surface area contributed by atoms with Crippen molar-refractivity contribution in [2.24, 2.45) is 0 Å². The van der Waals surface area contributed by atoms with E-state index < -0.39 is 0 Å². The predicted molar refractivity (Wildman–Crippen MR) is 31.2 cm³/mol. The van der Waals surface area contributed by atoms with E-state index in [9.17, 15) is 0 Å². The van der Waals surface area contributed by atoms with Crippen LogP contribution in [0.2, 0.25) is 0 Å². The second-order valence-electron chi connectivity index (χ2n) is 1.25. The Balaban J connectivity index is 2.67. The Bertz CT molecular complexity index is 183. The highest BCUT2D eigenvalue weighted by Crippen LogP contribution is 2.03. The minimum atomic E-state index is 0.604. The predicted octanol–water partition coefficient (Wildman–Crippen LogP) is 1.28. The Morgan fingerprint density at radius 2 is 2.62 bits per heavy atom. The van der Waals surface area contributed by atoms with Gasteiger partial charge in [0.05, 0.1) is 6.26 Å². The number of furan rings is 1. The number of nitrogens with one attached hydrogen (secondary N) is 1. The van der Waals surface area contributed by atoms with Gasteiger partial charge in [0.15, 0.2) is 0 Å². The summed E-state index contributed by atoms with van der Waals surface area (Å²) in [5, 5.41) is 2.55. The third-order valence-corrected chi connectivity index (χ3v) is 0.717. The second-order valence-corrected chi connectivity index (χ2v) is 1.25. The molecule has 1 aromatic rings. The Hall–Kier alpha value is -1.36. The van der Waals surface area contributed by atoms with Crippen LogP contribution in [0.5, 0.6) is 0 Å². The number of terminal acetylenes is 1. The van der Waals surface area contributed by atoms with Gasteiger partial charge in [0.25, 0.3) is 0 Å². The maximum atomic E-state index is 4.90. The summed E-state index contributed by atoms with van der Waals surface area (Å²) in [6.07, 6.45) is 6.45. The van der Waals surface area contributed by atoms with Gasteiger partial charge in [-0.3, -0.25) is 5.32 Å². The van der Waals surface area contributed by atoms with Gasteiger partial charge in [0.1, 0.15) is 0 Å². The molecule has 0 aliphatic carbocycles.